The number of nitrogens with zero attached hydrogens (tertiary/aromatic N) is 3. The van der Waals surface area contributed by atoms with E-state index in [1.54, 1.807) is 23.1 Å². The summed E-state index contributed by atoms with van der Waals surface area (Å²) in [6.45, 7) is 4.02. The van der Waals surface area contributed by atoms with Gasteiger partial charge in [0, 0.05) is 55.0 Å². The van der Waals surface area contributed by atoms with Gasteiger partial charge in [0.1, 0.15) is 0 Å². The summed E-state index contributed by atoms with van der Waals surface area (Å²) in [5, 5.41) is 3.04. The van der Waals surface area contributed by atoms with Crippen molar-refractivity contribution in [2.45, 2.75) is 23.8 Å². The van der Waals surface area contributed by atoms with Crippen LogP contribution >= 0.6 is 23.1 Å². The number of thiazole rings is 1. The summed E-state index contributed by atoms with van der Waals surface area (Å²) in [5.41, 5.74) is 0.818. The molecular weight excluding hydrogens is 366 g/mol. The number of hydrogen-bond acceptors (Lipinski definition) is 6. The number of piperazine rings is 1. The van der Waals surface area contributed by atoms with Crippen molar-refractivity contribution in [2.24, 2.45) is 0 Å². The van der Waals surface area contributed by atoms with Crippen LogP contribution in [0.4, 0.5) is 5.13 Å². The molecule has 2 saturated heterocycles. The molecular formula is C19H23N3O2S2. The van der Waals surface area contributed by atoms with Gasteiger partial charge in [0.15, 0.2) is 5.13 Å². The van der Waals surface area contributed by atoms with Gasteiger partial charge in [0.05, 0.1) is 11.7 Å². The third-order valence-electron chi connectivity index (χ3n) is 4.82. The van der Waals surface area contributed by atoms with E-state index in [-0.39, 0.29) is 5.91 Å². The van der Waals surface area contributed by atoms with Gasteiger partial charge in [-0.25, -0.2) is 4.98 Å². The summed E-state index contributed by atoms with van der Waals surface area (Å²) < 4.78 is 5.71. The average molecular weight is 390 g/mol. The van der Waals surface area contributed by atoms with Crippen LogP contribution in [-0.2, 0) is 4.74 Å². The van der Waals surface area contributed by atoms with Crippen LogP contribution in [0.3, 0.4) is 0 Å². The highest BCUT2D eigenvalue weighted by Crippen LogP contribution is 2.28. The minimum atomic E-state index is 0.138. The summed E-state index contributed by atoms with van der Waals surface area (Å²) in [4.78, 5) is 22.7. The fourth-order valence-corrected chi connectivity index (χ4v) is 5.18. The predicted octanol–water partition coefficient (Wildman–Crippen LogP) is 3.38. The summed E-state index contributed by atoms with van der Waals surface area (Å²) in [5.74, 6) is 1.06. The van der Waals surface area contributed by atoms with Gasteiger partial charge < -0.3 is 14.5 Å². The molecule has 1 atom stereocenters. The normalized spacial score (nSPS) is 20.5. The van der Waals surface area contributed by atoms with Gasteiger partial charge >= 0.3 is 0 Å². The topological polar surface area (TPSA) is 45.7 Å². The Balaban J connectivity index is 1.38. The first-order valence-electron chi connectivity index (χ1n) is 9.08. The molecule has 138 valence electrons. The number of ether oxygens (including phenoxy) is 1. The van der Waals surface area contributed by atoms with Crippen molar-refractivity contribution in [2.75, 3.05) is 43.4 Å². The van der Waals surface area contributed by atoms with Crippen LogP contribution in [0.1, 0.15) is 23.2 Å². The quantitative estimate of drug-likeness (QED) is 0.734. The van der Waals surface area contributed by atoms with Crippen LogP contribution in [0.15, 0.2) is 40.7 Å². The molecule has 0 saturated carbocycles. The van der Waals surface area contributed by atoms with Crippen LogP contribution in [0.2, 0.25) is 0 Å². The Labute approximate surface area is 162 Å². The maximum Gasteiger partial charge on any atom is 0.255 e. The number of carbonyl (C=O) groups is 1. The van der Waals surface area contributed by atoms with E-state index in [0.29, 0.717) is 6.10 Å². The number of amides is 1. The van der Waals surface area contributed by atoms with Gasteiger partial charge in [0.2, 0.25) is 0 Å². The molecule has 0 spiro atoms. The lowest BCUT2D eigenvalue weighted by Gasteiger charge is -2.34. The lowest BCUT2D eigenvalue weighted by molar-refractivity contribution is 0.0743. The molecule has 5 nitrogen and oxygen atoms in total. The highest BCUT2D eigenvalue weighted by molar-refractivity contribution is 7.99. The van der Waals surface area contributed by atoms with E-state index >= 15 is 0 Å². The zero-order chi connectivity index (χ0) is 17.8. The Kier molecular flexibility index (Phi) is 5.77. The first-order valence-corrected chi connectivity index (χ1v) is 10.9. The average Bonchev–Trinajstić information content (AvgIpc) is 3.40. The largest absolute Gasteiger partial charge is 0.377 e. The van der Waals surface area contributed by atoms with Crippen molar-refractivity contribution in [1.82, 2.24) is 9.88 Å². The van der Waals surface area contributed by atoms with Crippen molar-refractivity contribution in [1.29, 1.82) is 0 Å². The van der Waals surface area contributed by atoms with Gasteiger partial charge in [-0.1, -0.05) is 12.1 Å². The lowest BCUT2D eigenvalue weighted by Crippen LogP contribution is -2.48. The van der Waals surface area contributed by atoms with Gasteiger partial charge in [-0.15, -0.1) is 23.1 Å². The molecule has 2 aliphatic rings. The smallest absolute Gasteiger partial charge is 0.255 e. The molecule has 1 aromatic heterocycles. The minimum Gasteiger partial charge on any atom is -0.377 e. The molecule has 7 heteroatoms. The van der Waals surface area contributed by atoms with Gasteiger partial charge in [-0.05, 0) is 25.0 Å². The Morgan fingerprint density at radius 3 is 2.85 bits per heavy atom. The second-order valence-corrected chi connectivity index (χ2v) is 8.47. The number of aromatic nitrogens is 1. The zero-order valence-electron chi connectivity index (χ0n) is 14.7. The van der Waals surface area contributed by atoms with Crippen LogP contribution < -0.4 is 4.90 Å². The van der Waals surface area contributed by atoms with Gasteiger partial charge in [-0.3, -0.25) is 4.79 Å². The van der Waals surface area contributed by atoms with E-state index in [9.17, 15) is 4.79 Å². The molecule has 2 aromatic rings. The van der Waals surface area contributed by atoms with E-state index < -0.39 is 0 Å². The van der Waals surface area contributed by atoms with E-state index in [1.807, 2.05) is 34.7 Å². The van der Waals surface area contributed by atoms with Crippen molar-refractivity contribution in [3.8, 4) is 0 Å². The molecule has 0 bridgehead atoms. The van der Waals surface area contributed by atoms with Crippen molar-refractivity contribution >= 4 is 34.1 Å². The third-order valence-corrected chi connectivity index (χ3v) is 6.86. The molecule has 2 aliphatic heterocycles. The SMILES string of the molecule is O=C(c1ccccc1SC[C@H]1CCCO1)N1CCN(c2nccs2)CC1. The fourth-order valence-electron chi connectivity index (χ4n) is 3.37. The molecule has 0 unspecified atom stereocenters. The Hall–Kier alpha value is -1.57. The first kappa shape index (κ1) is 17.8. The number of benzene rings is 1. The zero-order valence-corrected chi connectivity index (χ0v) is 16.3. The van der Waals surface area contributed by atoms with E-state index in [1.165, 1.54) is 0 Å². The minimum absolute atomic E-state index is 0.138. The van der Waals surface area contributed by atoms with Crippen LogP contribution in [0.25, 0.3) is 0 Å². The molecule has 2 fully saturated rings. The number of thioether (sulfide) groups is 1. The maximum absolute atomic E-state index is 13.1. The lowest BCUT2D eigenvalue weighted by atomic mass is 10.2. The molecule has 4 rings (SSSR count). The molecule has 1 amide bonds. The summed E-state index contributed by atoms with van der Waals surface area (Å²) >= 11 is 3.40. The van der Waals surface area contributed by atoms with Gasteiger partial charge in [-0.2, -0.15) is 0 Å². The van der Waals surface area contributed by atoms with E-state index in [0.717, 1.165) is 67.0 Å². The second-order valence-electron chi connectivity index (χ2n) is 6.54. The fraction of sp³-hybridized carbons (Fsp3) is 0.474. The van der Waals surface area contributed by atoms with Gasteiger partial charge in [0.25, 0.3) is 5.91 Å². The summed E-state index contributed by atoms with van der Waals surface area (Å²) in [6.07, 6.45) is 4.43. The maximum atomic E-state index is 13.1. The Morgan fingerprint density at radius 2 is 2.12 bits per heavy atom. The molecule has 0 radical (unpaired) electrons. The van der Waals surface area contributed by atoms with E-state index in [2.05, 4.69) is 16.0 Å². The Morgan fingerprint density at radius 1 is 1.27 bits per heavy atom. The summed E-state index contributed by atoms with van der Waals surface area (Å²) in [7, 11) is 0. The third kappa shape index (κ3) is 4.05. The van der Waals surface area contributed by atoms with Crippen LogP contribution in [0, 0.1) is 0 Å². The monoisotopic (exact) mass is 389 g/mol. The second kappa shape index (κ2) is 8.41. The Bertz CT molecular complexity index is 724. The van der Waals surface area contributed by atoms with Crippen molar-refractivity contribution in [3.05, 3.63) is 41.4 Å². The van der Waals surface area contributed by atoms with Crippen LogP contribution in [0.5, 0.6) is 0 Å². The van der Waals surface area contributed by atoms with Crippen molar-refractivity contribution < 1.29 is 9.53 Å². The summed E-state index contributed by atoms with van der Waals surface area (Å²) in [6, 6.07) is 7.97. The van der Waals surface area contributed by atoms with Crippen LogP contribution in [-0.4, -0.2) is 60.4 Å². The van der Waals surface area contributed by atoms with Crippen molar-refractivity contribution in [3.63, 3.8) is 0 Å². The molecule has 0 aliphatic carbocycles. The predicted molar refractivity (Wildman–Crippen MR) is 106 cm³/mol. The highest BCUT2D eigenvalue weighted by atomic mass is 32.2. The molecule has 3 heterocycles. The van der Waals surface area contributed by atoms with E-state index in [4.69, 9.17) is 4.74 Å². The molecule has 1 aromatic carbocycles. The first-order chi connectivity index (χ1) is 12.8. The molecule has 26 heavy (non-hydrogen) atoms. The highest BCUT2D eigenvalue weighted by Gasteiger charge is 2.25. The number of anilines is 1. The number of rotatable bonds is 5. The molecule has 0 N–H and O–H groups in total. The standard InChI is InChI=1S/C19H23N3O2S2/c23-18(21-8-10-22(11-9-21)19-20-7-13-25-19)16-5-1-2-6-17(16)26-14-15-4-3-12-24-15/h1-2,5-7,13,15H,3-4,8-12,14H2/t15-/m1/s1. The number of carbonyl (C=O) groups excluding carboxylic acids is 1. The number of hydrogen-bond donors (Lipinski definition) is 0.